The third-order valence-corrected chi connectivity index (χ3v) is 4.45. The van der Waals surface area contributed by atoms with Crippen LogP contribution in [0.3, 0.4) is 0 Å². The Balaban J connectivity index is 3.37. The second kappa shape index (κ2) is 20.2. The Morgan fingerprint density at radius 3 is 2.10 bits per heavy atom. The quantitative estimate of drug-likeness (QED) is 0.0874. The van der Waals surface area contributed by atoms with Crippen molar-refractivity contribution in [2.24, 2.45) is 22.2 Å². The number of hydrogen-bond acceptors (Lipinski definition) is 5. The van der Waals surface area contributed by atoms with E-state index in [0.29, 0.717) is 19.6 Å². The molecule has 0 radical (unpaired) electrons. The summed E-state index contributed by atoms with van der Waals surface area (Å²) in [5.41, 5.74) is 16.2. The van der Waals surface area contributed by atoms with Crippen molar-refractivity contribution < 1.29 is 9.59 Å². The van der Waals surface area contributed by atoms with Crippen LogP contribution in [0.25, 0.3) is 0 Å². The Bertz CT molecular complexity index is 468. The molecule has 176 valence electrons. The highest BCUT2D eigenvalue weighted by Gasteiger charge is 2.04. The highest BCUT2D eigenvalue weighted by molar-refractivity contribution is 5.83. The first-order valence-corrected chi connectivity index (χ1v) is 11.2. The predicted molar refractivity (Wildman–Crippen MR) is 123 cm³/mol. The highest BCUT2D eigenvalue weighted by Crippen LogP contribution is 2.04. The molecule has 10 N–H and O–H groups in total. The molecule has 1 unspecified atom stereocenters. The van der Waals surface area contributed by atoms with Gasteiger partial charge in [-0.15, -0.1) is 0 Å². The lowest BCUT2D eigenvalue weighted by Crippen LogP contribution is -2.42. The average molecular weight is 429 g/mol. The molecule has 0 spiro atoms. The van der Waals surface area contributed by atoms with Crippen molar-refractivity contribution in [2.45, 2.75) is 70.8 Å². The Labute approximate surface area is 181 Å². The zero-order chi connectivity index (χ0) is 22.5. The van der Waals surface area contributed by atoms with E-state index in [0.717, 1.165) is 70.9 Å². The average Bonchev–Trinajstić information content (AvgIpc) is 2.69. The Kier molecular flexibility index (Phi) is 18.8. The SMILES string of the molecule is CC(N)CCNCCCCNC(=O)NCC(=O)NCCCCCCCCN=C(N)N. The summed E-state index contributed by atoms with van der Waals surface area (Å²) in [6.07, 6.45) is 9.19. The van der Waals surface area contributed by atoms with Gasteiger partial charge in [-0.3, -0.25) is 9.79 Å². The summed E-state index contributed by atoms with van der Waals surface area (Å²) < 4.78 is 0. The van der Waals surface area contributed by atoms with Crippen molar-refractivity contribution in [2.75, 3.05) is 39.3 Å². The zero-order valence-corrected chi connectivity index (χ0v) is 18.7. The van der Waals surface area contributed by atoms with Crippen molar-refractivity contribution >= 4 is 17.9 Å². The van der Waals surface area contributed by atoms with Gasteiger partial charge in [0.15, 0.2) is 5.96 Å². The second-order valence-electron chi connectivity index (χ2n) is 7.61. The normalized spacial score (nSPS) is 11.5. The molecule has 10 heteroatoms. The minimum absolute atomic E-state index is 0.00451. The van der Waals surface area contributed by atoms with Crippen LogP contribution in [-0.4, -0.2) is 63.2 Å². The van der Waals surface area contributed by atoms with Gasteiger partial charge >= 0.3 is 6.03 Å². The van der Waals surface area contributed by atoms with E-state index in [1.54, 1.807) is 0 Å². The number of guanidine groups is 1. The van der Waals surface area contributed by atoms with Gasteiger partial charge in [-0.1, -0.05) is 25.7 Å². The summed E-state index contributed by atoms with van der Waals surface area (Å²) in [7, 11) is 0. The number of urea groups is 1. The van der Waals surface area contributed by atoms with Crippen molar-refractivity contribution in [3.8, 4) is 0 Å². The number of aliphatic imine (C=N–C) groups is 1. The number of hydrogen-bond donors (Lipinski definition) is 7. The first-order chi connectivity index (χ1) is 14.4. The first kappa shape index (κ1) is 27.9. The van der Waals surface area contributed by atoms with Crippen molar-refractivity contribution in [1.29, 1.82) is 0 Å². The minimum atomic E-state index is -0.309. The van der Waals surface area contributed by atoms with Crippen molar-refractivity contribution in [3.63, 3.8) is 0 Å². The molecule has 0 aromatic heterocycles. The number of unbranched alkanes of at least 4 members (excludes halogenated alkanes) is 6. The molecule has 0 rings (SSSR count). The third-order valence-electron chi connectivity index (χ3n) is 4.45. The maximum absolute atomic E-state index is 11.7. The van der Waals surface area contributed by atoms with Gasteiger partial charge in [-0.05, 0) is 52.1 Å². The van der Waals surface area contributed by atoms with E-state index in [2.05, 4.69) is 26.3 Å². The summed E-state index contributed by atoms with van der Waals surface area (Å²) in [4.78, 5) is 27.3. The van der Waals surface area contributed by atoms with Crippen LogP contribution in [0.2, 0.25) is 0 Å². The molecule has 30 heavy (non-hydrogen) atoms. The molecule has 0 aromatic carbocycles. The molecule has 0 aliphatic heterocycles. The molecular weight excluding hydrogens is 384 g/mol. The first-order valence-electron chi connectivity index (χ1n) is 11.2. The number of nitrogens with zero attached hydrogens (tertiary/aromatic N) is 1. The van der Waals surface area contributed by atoms with E-state index in [4.69, 9.17) is 17.2 Å². The molecule has 0 aromatic rings. The van der Waals surface area contributed by atoms with Gasteiger partial charge < -0.3 is 38.5 Å². The zero-order valence-electron chi connectivity index (χ0n) is 18.7. The molecule has 3 amide bonds. The number of rotatable bonds is 19. The van der Waals surface area contributed by atoms with Gasteiger partial charge in [0.2, 0.25) is 5.91 Å². The molecule has 0 saturated heterocycles. The van der Waals surface area contributed by atoms with Gasteiger partial charge in [0.1, 0.15) is 0 Å². The molecule has 0 fully saturated rings. The lowest BCUT2D eigenvalue weighted by atomic mass is 10.1. The summed E-state index contributed by atoms with van der Waals surface area (Å²) in [6, 6.07) is -0.0884. The highest BCUT2D eigenvalue weighted by atomic mass is 16.2. The molecule has 0 aliphatic carbocycles. The lowest BCUT2D eigenvalue weighted by molar-refractivity contribution is -0.120. The van der Waals surface area contributed by atoms with E-state index in [1.165, 1.54) is 0 Å². The van der Waals surface area contributed by atoms with Gasteiger partial charge in [-0.2, -0.15) is 0 Å². The molecule has 10 nitrogen and oxygen atoms in total. The number of amides is 3. The Morgan fingerprint density at radius 1 is 0.800 bits per heavy atom. The van der Waals surface area contributed by atoms with Crippen LogP contribution in [0.4, 0.5) is 4.79 Å². The Morgan fingerprint density at radius 2 is 1.40 bits per heavy atom. The fourth-order valence-corrected chi connectivity index (χ4v) is 2.70. The summed E-state index contributed by atoms with van der Waals surface area (Å²) in [5.74, 6) is -0.0181. The molecule has 0 heterocycles. The maximum Gasteiger partial charge on any atom is 0.315 e. The second-order valence-corrected chi connectivity index (χ2v) is 7.61. The van der Waals surface area contributed by atoms with Crippen LogP contribution >= 0.6 is 0 Å². The minimum Gasteiger partial charge on any atom is -0.370 e. The molecule has 0 saturated carbocycles. The van der Waals surface area contributed by atoms with Crippen LogP contribution in [-0.2, 0) is 4.79 Å². The van der Waals surface area contributed by atoms with Gasteiger partial charge in [0.05, 0.1) is 6.54 Å². The number of carbonyl (C=O) groups excluding carboxylic acids is 2. The number of carbonyl (C=O) groups is 2. The molecule has 0 aliphatic rings. The van der Waals surface area contributed by atoms with Gasteiger partial charge in [-0.25, -0.2) is 4.79 Å². The van der Waals surface area contributed by atoms with E-state index in [-0.39, 0.29) is 30.5 Å². The topological polar surface area (TPSA) is 173 Å². The van der Waals surface area contributed by atoms with Crippen molar-refractivity contribution in [3.05, 3.63) is 0 Å². The smallest absolute Gasteiger partial charge is 0.315 e. The van der Waals surface area contributed by atoms with Gasteiger partial charge in [0.25, 0.3) is 0 Å². The van der Waals surface area contributed by atoms with Crippen LogP contribution in [0.1, 0.15) is 64.7 Å². The van der Waals surface area contributed by atoms with E-state index >= 15 is 0 Å². The summed E-state index contributed by atoms with van der Waals surface area (Å²) >= 11 is 0. The summed E-state index contributed by atoms with van der Waals surface area (Å²) in [6.45, 7) is 5.73. The lowest BCUT2D eigenvalue weighted by Gasteiger charge is -2.09. The van der Waals surface area contributed by atoms with Crippen LogP contribution in [0.5, 0.6) is 0 Å². The Hall–Kier alpha value is -2.07. The predicted octanol–water partition coefficient (Wildman–Crippen LogP) is 0.123. The van der Waals surface area contributed by atoms with Crippen molar-refractivity contribution in [1.82, 2.24) is 21.3 Å². The van der Waals surface area contributed by atoms with E-state index in [9.17, 15) is 9.59 Å². The van der Waals surface area contributed by atoms with E-state index in [1.807, 2.05) is 6.92 Å². The molecule has 1 atom stereocenters. The maximum atomic E-state index is 11.7. The number of nitrogens with one attached hydrogen (secondary N) is 4. The number of nitrogens with two attached hydrogens (primary N) is 3. The third kappa shape index (κ3) is 22.2. The molecule has 0 bridgehead atoms. The van der Waals surface area contributed by atoms with Crippen LogP contribution in [0.15, 0.2) is 4.99 Å². The standard InChI is InChI=1S/C20H44N8O2/c1-17(21)10-15-24-11-8-9-14-27-20(30)28-16-18(29)25-12-6-4-2-3-5-7-13-26-19(22)23/h17,24H,2-16,21H2,1H3,(H,25,29)(H4,22,23,26)(H2,27,28,30). The van der Waals surface area contributed by atoms with E-state index < -0.39 is 0 Å². The largest absolute Gasteiger partial charge is 0.370 e. The summed E-state index contributed by atoms with van der Waals surface area (Å²) in [5, 5.41) is 11.5. The fourth-order valence-electron chi connectivity index (χ4n) is 2.70. The van der Waals surface area contributed by atoms with Crippen LogP contribution < -0.4 is 38.5 Å². The van der Waals surface area contributed by atoms with Gasteiger partial charge in [0, 0.05) is 25.7 Å². The fraction of sp³-hybridized carbons (Fsp3) is 0.850. The monoisotopic (exact) mass is 428 g/mol. The molecular formula is C20H44N8O2. The van der Waals surface area contributed by atoms with Crippen LogP contribution in [0, 0.1) is 0 Å².